The van der Waals surface area contributed by atoms with Crippen molar-refractivity contribution in [2.24, 2.45) is 0 Å². The van der Waals surface area contributed by atoms with Gasteiger partial charge in [-0.05, 0) is 0 Å². The molecule has 3 saturated heterocycles. The van der Waals surface area contributed by atoms with Gasteiger partial charge in [0.25, 0.3) is 0 Å². The van der Waals surface area contributed by atoms with Gasteiger partial charge in [0.1, 0.15) is 97.5 Å². The van der Waals surface area contributed by atoms with Gasteiger partial charge >= 0.3 is 0 Å². The zero-order valence-electron chi connectivity index (χ0n) is 27.6. The van der Waals surface area contributed by atoms with Gasteiger partial charge in [-0.3, -0.25) is 9.59 Å². The molecular formula is C28H50N2O21. The maximum Gasteiger partial charge on any atom is 0.217 e. The van der Waals surface area contributed by atoms with Crippen molar-refractivity contribution >= 4 is 11.8 Å². The monoisotopic (exact) mass is 750 g/mol. The Labute approximate surface area is 290 Å². The summed E-state index contributed by atoms with van der Waals surface area (Å²) in [6.45, 7) is -2.30. The molecule has 0 unspecified atom stereocenters. The summed E-state index contributed by atoms with van der Waals surface area (Å²) >= 11 is 0. The highest BCUT2D eigenvalue weighted by atomic mass is 16.7. The first kappa shape index (κ1) is 43.6. The normalized spacial score (nSPS) is 41.3. The molecule has 23 heteroatoms. The second-order valence-electron chi connectivity index (χ2n) is 12.4. The first-order valence-corrected chi connectivity index (χ1v) is 16.0. The molecule has 3 rings (SSSR count). The van der Waals surface area contributed by atoms with Crippen LogP contribution in [0, 0.1) is 0 Å². The van der Waals surface area contributed by atoms with Crippen LogP contribution in [0.25, 0.3) is 0 Å². The van der Waals surface area contributed by atoms with Gasteiger partial charge in [-0.25, -0.2) is 0 Å². The van der Waals surface area contributed by atoms with Gasteiger partial charge in [0.15, 0.2) is 18.9 Å². The van der Waals surface area contributed by atoms with Crippen molar-refractivity contribution in [3.05, 3.63) is 0 Å². The van der Waals surface area contributed by atoms with Crippen molar-refractivity contribution in [1.82, 2.24) is 10.6 Å². The fraction of sp³-hybridized carbons (Fsp3) is 0.929. The molecule has 3 aliphatic heterocycles. The molecule has 0 aromatic carbocycles. The quantitative estimate of drug-likeness (QED) is 0.0696. The summed E-state index contributed by atoms with van der Waals surface area (Å²) in [5, 5.41) is 137. The molecule has 0 aromatic rings. The molecule has 298 valence electrons. The number of aliphatic hydroxyl groups excluding tert-OH is 13. The minimum Gasteiger partial charge on any atom is -0.394 e. The van der Waals surface area contributed by atoms with Crippen LogP contribution >= 0.6 is 0 Å². The molecule has 0 radical (unpaired) electrons. The molecule has 15 N–H and O–H groups in total. The first-order valence-electron chi connectivity index (χ1n) is 16.0. The minimum atomic E-state index is -2.05. The van der Waals surface area contributed by atoms with Crippen molar-refractivity contribution in [2.75, 3.05) is 33.0 Å². The van der Waals surface area contributed by atoms with Crippen LogP contribution in [-0.2, 0) is 38.0 Å². The number of aliphatic hydroxyl groups is 13. The van der Waals surface area contributed by atoms with E-state index in [9.17, 15) is 76.0 Å². The Morgan fingerprint density at radius 2 is 1.14 bits per heavy atom. The summed E-state index contributed by atoms with van der Waals surface area (Å²) < 4.78 is 33.8. The third kappa shape index (κ3) is 10.4. The largest absolute Gasteiger partial charge is 0.394 e. The molecule has 23 nitrogen and oxygen atoms in total. The third-order valence-corrected chi connectivity index (χ3v) is 8.63. The number of ether oxygens (including phenoxy) is 6. The topological polar surface area (TPSA) is 377 Å². The van der Waals surface area contributed by atoms with E-state index in [2.05, 4.69) is 10.6 Å². The Balaban J connectivity index is 1.87. The predicted molar refractivity (Wildman–Crippen MR) is 159 cm³/mol. The highest BCUT2D eigenvalue weighted by Crippen LogP contribution is 2.31. The molecule has 19 atom stereocenters. The second-order valence-corrected chi connectivity index (χ2v) is 12.4. The number of hydrogen-bond acceptors (Lipinski definition) is 21. The molecule has 0 aromatic heterocycles. The van der Waals surface area contributed by atoms with E-state index in [1.165, 1.54) is 0 Å². The van der Waals surface area contributed by atoms with Gasteiger partial charge in [0.05, 0.1) is 33.0 Å². The second kappa shape index (κ2) is 19.5. The Morgan fingerprint density at radius 1 is 0.627 bits per heavy atom. The van der Waals surface area contributed by atoms with E-state index in [-0.39, 0.29) is 0 Å². The Kier molecular flexibility index (Phi) is 16.7. The van der Waals surface area contributed by atoms with Crippen molar-refractivity contribution in [2.45, 2.75) is 130 Å². The van der Waals surface area contributed by atoms with Gasteiger partial charge in [0, 0.05) is 13.8 Å². The zero-order valence-corrected chi connectivity index (χ0v) is 27.6. The summed E-state index contributed by atoms with van der Waals surface area (Å²) in [7, 11) is 0. The maximum absolute atomic E-state index is 12.3. The molecule has 0 bridgehead atoms. The van der Waals surface area contributed by atoms with E-state index in [0.29, 0.717) is 0 Å². The molecule has 2 amide bonds. The van der Waals surface area contributed by atoms with Crippen LogP contribution in [0.4, 0.5) is 0 Å². The van der Waals surface area contributed by atoms with Crippen LogP contribution in [0.1, 0.15) is 13.8 Å². The highest BCUT2D eigenvalue weighted by molar-refractivity contribution is 5.73. The fourth-order valence-corrected chi connectivity index (χ4v) is 5.84. The predicted octanol–water partition coefficient (Wildman–Crippen LogP) is -9.83. The lowest BCUT2D eigenvalue weighted by molar-refractivity contribution is -0.346. The summed E-state index contributed by atoms with van der Waals surface area (Å²) in [5.41, 5.74) is 0. The van der Waals surface area contributed by atoms with E-state index >= 15 is 0 Å². The van der Waals surface area contributed by atoms with Crippen molar-refractivity contribution < 1.29 is 104 Å². The maximum atomic E-state index is 12.3. The SMILES string of the molecule is CC(=O)N[C@H]1[C@H](O[C@H]2[C@H](O)[C@@H](CO)O[C@@H](OC[C@H]3O[C@@H](O[C@@H]([C@H](O)[C@@H](O)CO)[C@H](O)CO)[C@H](O)[C@@H](O)[C@H]3O)[C@@H]2NC(C)=O)O[C@H](CO)[C@@H](O)[C@@H]1O. The Morgan fingerprint density at radius 3 is 1.69 bits per heavy atom. The Hall–Kier alpha value is -1.82. The lowest BCUT2D eigenvalue weighted by Crippen LogP contribution is -2.70. The third-order valence-electron chi connectivity index (χ3n) is 8.63. The highest BCUT2D eigenvalue weighted by Gasteiger charge is 2.53. The average Bonchev–Trinajstić information content (AvgIpc) is 3.10. The number of carbonyl (C=O) groups excluding carboxylic acids is 2. The van der Waals surface area contributed by atoms with Gasteiger partial charge in [-0.1, -0.05) is 0 Å². The van der Waals surface area contributed by atoms with Crippen LogP contribution in [0.5, 0.6) is 0 Å². The first-order chi connectivity index (χ1) is 24.0. The molecular weight excluding hydrogens is 700 g/mol. The number of rotatable bonds is 16. The summed E-state index contributed by atoms with van der Waals surface area (Å²) in [5.74, 6) is -1.42. The van der Waals surface area contributed by atoms with E-state index in [4.69, 9.17) is 28.4 Å². The molecule has 3 aliphatic rings. The van der Waals surface area contributed by atoms with Crippen LogP contribution in [0.15, 0.2) is 0 Å². The van der Waals surface area contributed by atoms with Gasteiger partial charge in [-0.15, -0.1) is 0 Å². The lowest BCUT2D eigenvalue weighted by atomic mass is 9.94. The number of hydrogen-bond donors (Lipinski definition) is 15. The van der Waals surface area contributed by atoms with Crippen LogP contribution in [-0.4, -0.2) is 228 Å². The van der Waals surface area contributed by atoms with Crippen molar-refractivity contribution in [3.63, 3.8) is 0 Å². The zero-order chi connectivity index (χ0) is 38.3. The minimum absolute atomic E-state index is 0.691. The van der Waals surface area contributed by atoms with Crippen LogP contribution < -0.4 is 10.6 Å². The summed E-state index contributed by atoms with van der Waals surface area (Å²) in [4.78, 5) is 24.2. The van der Waals surface area contributed by atoms with Crippen molar-refractivity contribution in [1.29, 1.82) is 0 Å². The number of amides is 2. The van der Waals surface area contributed by atoms with Crippen molar-refractivity contribution in [3.8, 4) is 0 Å². The number of carbonyl (C=O) groups is 2. The van der Waals surface area contributed by atoms with E-state index in [1.54, 1.807) is 0 Å². The van der Waals surface area contributed by atoms with Crippen LogP contribution in [0.3, 0.4) is 0 Å². The smallest absolute Gasteiger partial charge is 0.217 e. The molecule has 3 fully saturated rings. The molecule has 0 aliphatic carbocycles. The molecule has 0 spiro atoms. The summed E-state index contributed by atoms with van der Waals surface area (Å²) in [6.07, 6.45) is -30.5. The van der Waals surface area contributed by atoms with E-state index in [0.717, 1.165) is 13.8 Å². The molecule has 3 heterocycles. The van der Waals surface area contributed by atoms with Gasteiger partial charge < -0.3 is 105 Å². The fourth-order valence-electron chi connectivity index (χ4n) is 5.84. The van der Waals surface area contributed by atoms with Gasteiger partial charge in [0.2, 0.25) is 11.8 Å². The molecule has 0 saturated carbocycles. The van der Waals surface area contributed by atoms with Gasteiger partial charge in [-0.2, -0.15) is 0 Å². The Bertz CT molecular complexity index is 1100. The average molecular weight is 751 g/mol. The standard InChI is InChI=1S/C28H50N2O21/c1-8(35)29-15-21(43)18(40)12(5-33)48-27(15)51-25-16(30-9(2)36)26(47-13(6-34)20(25)42)46-7-14-19(41)22(44)23(45)28(49-14)50-24(11(38)4-32)17(39)10(37)3-31/h10-28,31-34,37-45H,3-7H2,1-2H3,(H,29,35)(H,30,36)/t10-,11+,12+,13+,14+,15+,16+,17+,18+,19-,20+,21+,22-,23+,24+,25+,26+,27-,28-/m0/s1. The molecule has 51 heavy (non-hydrogen) atoms. The number of nitrogens with one attached hydrogen (secondary N) is 2. The van der Waals surface area contributed by atoms with E-state index < -0.39 is 161 Å². The van der Waals surface area contributed by atoms with Crippen LogP contribution in [0.2, 0.25) is 0 Å². The lowest BCUT2D eigenvalue weighted by Gasteiger charge is -2.48. The summed E-state index contributed by atoms with van der Waals surface area (Å²) in [6, 6.07) is -3.00. The van der Waals surface area contributed by atoms with E-state index in [1.807, 2.05) is 0 Å².